The van der Waals surface area contributed by atoms with Crippen molar-refractivity contribution in [1.29, 1.82) is 0 Å². The standard InChI is InChI=1S/C23H27N3O5S2/c1-25(2)16-6-8-17(9-7-16)26-18-13-33(28,29)14-21(18)32-23(26)24-22(27)12-15-5-10-19(30-3)20(11-15)31-4/h5-11,18,21H,12-14H2,1-4H3/t18-,21+/m0/s1. The Balaban J connectivity index is 1.61. The number of carbonyl (C=O) groups excluding carboxylic acids is 1. The van der Waals surface area contributed by atoms with Gasteiger partial charge < -0.3 is 19.3 Å². The third kappa shape index (κ3) is 4.96. The average molecular weight is 490 g/mol. The van der Waals surface area contributed by atoms with E-state index in [9.17, 15) is 13.2 Å². The molecule has 0 saturated carbocycles. The molecule has 2 aliphatic heterocycles. The summed E-state index contributed by atoms with van der Waals surface area (Å²) in [5.41, 5.74) is 2.62. The number of ether oxygens (including phenoxy) is 2. The van der Waals surface area contributed by atoms with Gasteiger partial charge in [-0.05, 0) is 42.0 Å². The number of hydrogen-bond donors (Lipinski definition) is 0. The Morgan fingerprint density at radius 1 is 1.09 bits per heavy atom. The summed E-state index contributed by atoms with van der Waals surface area (Å²) in [7, 11) is 3.90. The Morgan fingerprint density at radius 3 is 2.42 bits per heavy atom. The molecule has 0 aliphatic carbocycles. The zero-order chi connectivity index (χ0) is 23.8. The number of anilines is 2. The Labute approximate surface area is 198 Å². The van der Waals surface area contributed by atoms with Crippen LogP contribution in [0.25, 0.3) is 0 Å². The first-order valence-corrected chi connectivity index (χ1v) is 13.2. The predicted octanol–water partition coefficient (Wildman–Crippen LogP) is 2.61. The van der Waals surface area contributed by atoms with Crippen LogP contribution in [0.5, 0.6) is 11.5 Å². The highest BCUT2D eigenvalue weighted by atomic mass is 32.2. The Morgan fingerprint density at radius 2 is 1.79 bits per heavy atom. The molecule has 8 nitrogen and oxygen atoms in total. The van der Waals surface area contributed by atoms with E-state index in [4.69, 9.17) is 9.47 Å². The lowest BCUT2D eigenvalue weighted by molar-refractivity contribution is -0.117. The van der Waals surface area contributed by atoms with Gasteiger partial charge in [0.15, 0.2) is 26.5 Å². The highest BCUT2D eigenvalue weighted by Gasteiger charge is 2.49. The number of nitrogens with zero attached hydrogens (tertiary/aromatic N) is 3. The van der Waals surface area contributed by atoms with Gasteiger partial charge in [0.25, 0.3) is 5.91 Å². The molecule has 33 heavy (non-hydrogen) atoms. The number of carbonyl (C=O) groups is 1. The minimum atomic E-state index is -3.12. The second kappa shape index (κ2) is 9.26. The van der Waals surface area contributed by atoms with Gasteiger partial charge in [-0.3, -0.25) is 4.79 Å². The van der Waals surface area contributed by atoms with Crippen molar-refractivity contribution >= 4 is 44.0 Å². The Kier molecular flexibility index (Phi) is 6.58. The zero-order valence-corrected chi connectivity index (χ0v) is 20.6. The molecular formula is C23H27N3O5S2. The molecule has 1 amide bonds. The number of benzene rings is 2. The maximum absolute atomic E-state index is 12.9. The first kappa shape index (κ1) is 23.4. The van der Waals surface area contributed by atoms with Crippen LogP contribution in [0.4, 0.5) is 11.4 Å². The number of sulfone groups is 1. The zero-order valence-electron chi connectivity index (χ0n) is 19.0. The Bertz CT molecular complexity index is 1180. The molecule has 2 aromatic carbocycles. The van der Waals surface area contributed by atoms with Crippen LogP contribution < -0.4 is 19.3 Å². The van der Waals surface area contributed by atoms with Gasteiger partial charge in [0.2, 0.25) is 0 Å². The second-order valence-corrected chi connectivity index (χ2v) is 11.6. The number of rotatable bonds is 6. The van der Waals surface area contributed by atoms with Crippen LogP contribution in [0.2, 0.25) is 0 Å². The summed E-state index contributed by atoms with van der Waals surface area (Å²) < 4.78 is 35.1. The van der Waals surface area contributed by atoms with E-state index >= 15 is 0 Å². The molecule has 2 fully saturated rings. The number of hydrogen-bond acceptors (Lipinski definition) is 7. The van der Waals surface area contributed by atoms with Crippen molar-refractivity contribution in [3.8, 4) is 11.5 Å². The summed E-state index contributed by atoms with van der Waals surface area (Å²) in [6, 6.07) is 12.9. The third-order valence-corrected chi connectivity index (χ3v) is 8.94. The van der Waals surface area contributed by atoms with Gasteiger partial charge in [0, 0.05) is 30.7 Å². The molecule has 0 bridgehead atoms. The van der Waals surface area contributed by atoms with Crippen molar-refractivity contribution in [3.63, 3.8) is 0 Å². The first-order chi connectivity index (χ1) is 15.7. The van der Waals surface area contributed by atoms with Crippen LogP contribution >= 0.6 is 11.8 Å². The number of fused-ring (bicyclic) bond motifs is 1. The van der Waals surface area contributed by atoms with Crippen LogP contribution in [-0.4, -0.2) is 70.6 Å². The minimum absolute atomic E-state index is 0.0585. The topological polar surface area (TPSA) is 88.5 Å². The van der Waals surface area contributed by atoms with Gasteiger partial charge in [0.05, 0.1) is 38.2 Å². The fraction of sp³-hybridized carbons (Fsp3) is 0.391. The van der Waals surface area contributed by atoms with Crippen LogP contribution in [0, 0.1) is 0 Å². The number of amides is 1. The molecule has 0 spiro atoms. The highest BCUT2D eigenvalue weighted by Crippen LogP contribution is 2.41. The average Bonchev–Trinajstić information content (AvgIpc) is 3.24. The van der Waals surface area contributed by atoms with E-state index in [0.717, 1.165) is 16.9 Å². The van der Waals surface area contributed by atoms with E-state index < -0.39 is 9.84 Å². The molecule has 10 heteroatoms. The van der Waals surface area contributed by atoms with E-state index in [0.29, 0.717) is 16.7 Å². The fourth-order valence-electron chi connectivity index (χ4n) is 4.09. The lowest BCUT2D eigenvalue weighted by Crippen LogP contribution is -2.37. The van der Waals surface area contributed by atoms with Crippen molar-refractivity contribution < 1.29 is 22.7 Å². The molecule has 2 heterocycles. The normalized spacial score (nSPS) is 22.3. The van der Waals surface area contributed by atoms with E-state index in [1.165, 1.54) is 11.8 Å². The highest BCUT2D eigenvalue weighted by molar-refractivity contribution is 8.16. The molecular weight excluding hydrogens is 462 g/mol. The monoisotopic (exact) mass is 489 g/mol. The maximum Gasteiger partial charge on any atom is 0.252 e. The van der Waals surface area contributed by atoms with E-state index in [1.54, 1.807) is 32.4 Å². The number of amidine groups is 1. The molecule has 0 radical (unpaired) electrons. The predicted molar refractivity (Wildman–Crippen MR) is 133 cm³/mol. The van der Waals surface area contributed by atoms with E-state index in [1.807, 2.05) is 48.2 Å². The maximum atomic E-state index is 12.9. The van der Waals surface area contributed by atoms with Crippen molar-refractivity contribution in [2.45, 2.75) is 17.7 Å². The molecule has 2 saturated heterocycles. The molecule has 0 N–H and O–H groups in total. The van der Waals surface area contributed by atoms with Gasteiger partial charge in [0.1, 0.15) is 0 Å². The number of thioether (sulfide) groups is 1. The number of aliphatic imine (C=N–C) groups is 1. The molecule has 2 aliphatic rings. The molecule has 176 valence electrons. The molecule has 0 unspecified atom stereocenters. The van der Waals surface area contributed by atoms with E-state index in [2.05, 4.69) is 4.99 Å². The van der Waals surface area contributed by atoms with Crippen LogP contribution in [0.1, 0.15) is 5.56 Å². The molecule has 4 rings (SSSR count). The second-order valence-electron chi connectivity index (χ2n) is 8.24. The van der Waals surface area contributed by atoms with Gasteiger partial charge in [-0.25, -0.2) is 8.42 Å². The summed E-state index contributed by atoms with van der Waals surface area (Å²) >= 11 is 1.37. The Hall–Kier alpha value is -2.72. The van der Waals surface area contributed by atoms with Gasteiger partial charge >= 0.3 is 0 Å². The lowest BCUT2D eigenvalue weighted by Gasteiger charge is -2.25. The minimum Gasteiger partial charge on any atom is -0.493 e. The number of methoxy groups -OCH3 is 2. The van der Waals surface area contributed by atoms with Crippen molar-refractivity contribution in [3.05, 3.63) is 48.0 Å². The van der Waals surface area contributed by atoms with Crippen LogP contribution in [0.3, 0.4) is 0 Å². The molecule has 2 aromatic rings. The van der Waals surface area contributed by atoms with Crippen molar-refractivity contribution in [2.24, 2.45) is 4.99 Å². The van der Waals surface area contributed by atoms with Gasteiger partial charge in [-0.15, -0.1) is 0 Å². The summed E-state index contributed by atoms with van der Waals surface area (Å²) in [5.74, 6) is 0.990. The lowest BCUT2D eigenvalue weighted by atomic mass is 10.1. The first-order valence-electron chi connectivity index (χ1n) is 10.5. The van der Waals surface area contributed by atoms with Gasteiger partial charge in [-0.2, -0.15) is 4.99 Å². The molecule has 0 aromatic heterocycles. The largest absolute Gasteiger partial charge is 0.493 e. The molecule has 2 atom stereocenters. The summed E-state index contributed by atoms with van der Waals surface area (Å²) in [6.45, 7) is 0. The van der Waals surface area contributed by atoms with Crippen LogP contribution in [0.15, 0.2) is 47.5 Å². The quantitative estimate of drug-likeness (QED) is 0.612. The fourth-order valence-corrected chi connectivity index (χ4v) is 8.02. The smallest absolute Gasteiger partial charge is 0.252 e. The van der Waals surface area contributed by atoms with Crippen LogP contribution in [-0.2, 0) is 21.1 Å². The van der Waals surface area contributed by atoms with E-state index in [-0.39, 0.29) is 35.1 Å². The SMILES string of the molecule is COc1ccc(CC(=O)N=C2S[C@@H]3CS(=O)(=O)C[C@@H]3N2c2ccc(N(C)C)cc2)cc1OC. The van der Waals surface area contributed by atoms with Crippen molar-refractivity contribution in [2.75, 3.05) is 49.6 Å². The summed E-state index contributed by atoms with van der Waals surface area (Å²) in [4.78, 5) is 21.2. The third-order valence-electron chi connectivity index (χ3n) is 5.73. The van der Waals surface area contributed by atoms with Gasteiger partial charge in [-0.1, -0.05) is 17.8 Å². The summed E-state index contributed by atoms with van der Waals surface area (Å²) in [5, 5.41) is 0.402. The summed E-state index contributed by atoms with van der Waals surface area (Å²) in [6.07, 6.45) is 0.103. The van der Waals surface area contributed by atoms with Crippen molar-refractivity contribution in [1.82, 2.24) is 0 Å².